The molecule has 0 saturated carbocycles. The van der Waals surface area contributed by atoms with Crippen molar-refractivity contribution in [3.05, 3.63) is 70.8 Å². The van der Waals surface area contributed by atoms with Crippen molar-refractivity contribution >= 4 is 0 Å². The smallest absolute Gasteiger partial charge is 0.00119 e. The molecule has 0 amide bonds. The molecule has 0 aliphatic heterocycles. The lowest BCUT2D eigenvalue weighted by Crippen LogP contribution is -2.44. The summed E-state index contributed by atoms with van der Waals surface area (Å²) in [4.78, 5) is 0. The fourth-order valence-electron chi connectivity index (χ4n) is 4.04. The van der Waals surface area contributed by atoms with Crippen LogP contribution in [0, 0.1) is 0 Å². The molecular weight excluding hydrogens is 288 g/mol. The second-order valence-electron chi connectivity index (χ2n) is 9.66. The molecule has 0 heteroatoms. The maximum Gasteiger partial charge on any atom is -0.00119 e. The largest absolute Gasteiger partial charge is 0.0617 e. The van der Waals surface area contributed by atoms with Crippen LogP contribution in [0.1, 0.15) is 77.6 Å². The quantitative estimate of drug-likeness (QED) is 0.519. The summed E-state index contributed by atoms with van der Waals surface area (Å²) >= 11 is 0. The Morgan fingerprint density at radius 1 is 0.417 bits per heavy atom. The van der Waals surface area contributed by atoms with Gasteiger partial charge in [-0.2, -0.15) is 0 Å². The van der Waals surface area contributed by atoms with Gasteiger partial charge in [0.05, 0.1) is 0 Å². The molecule has 2 aromatic carbocycles. The molecule has 3 rings (SSSR count). The molecule has 2 aromatic rings. The van der Waals surface area contributed by atoms with Crippen molar-refractivity contribution in [2.45, 2.75) is 77.0 Å². The highest BCUT2D eigenvalue weighted by molar-refractivity contribution is 5.46. The van der Waals surface area contributed by atoms with Gasteiger partial charge >= 0.3 is 0 Å². The van der Waals surface area contributed by atoms with E-state index in [0.29, 0.717) is 0 Å². The van der Waals surface area contributed by atoms with Crippen LogP contribution in [-0.2, 0) is 21.7 Å². The van der Waals surface area contributed by atoms with E-state index in [1.807, 2.05) is 0 Å². The van der Waals surface area contributed by atoms with Crippen molar-refractivity contribution in [3.8, 4) is 0 Å². The molecule has 128 valence electrons. The first-order chi connectivity index (χ1) is 10.9. The monoisotopic (exact) mass is 320 g/mol. The molecular formula is C24H32. The summed E-state index contributed by atoms with van der Waals surface area (Å²) in [5.41, 5.74) is 5.95. The Kier molecular flexibility index (Phi) is 3.58. The van der Waals surface area contributed by atoms with Crippen LogP contribution in [0.5, 0.6) is 0 Å². The van der Waals surface area contributed by atoms with Crippen LogP contribution in [0.2, 0.25) is 0 Å². The minimum absolute atomic E-state index is 0.0548. The first kappa shape index (κ1) is 17.3. The fraction of sp³-hybridized carbons (Fsp3) is 0.500. The topological polar surface area (TPSA) is 0 Å². The maximum atomic E-state index is 2.45. The molecule has 0 atom stereocenters. The number of fused-ring (bicyclic) bond motifs is 4. The van der Waals surface area contributed by atoms with E-state index in [1.54, 1.807) is 0 Å². The Hall–Kier alpha value is -1.56. The predicted octanol–water partition coefficient (Wildman–Crippen LogP) is 6.51. The predicted molar refractivity (Wildman–Crippen MR) is 105 cm³/mol. The third kappa shape index (κ3) is 2.11. The minimum Gasteiger partial charge on any atom is -0.0617 e. The van der Waals surface area contributed by atoms with E-state index in [-0.39, 0.29) is 21.7 Å². The Bertz CT molecular complexity index is 646. The van der Waals surface area contributed by atoms with E-state index in [1.165, 1.54) is 22.3 Å². The first-order valence-corrected chi connectivity index (χ1v) is 9.14. The highest BCUT2D eigenvalue weighted by Crippen LogP contribution is 2.50. The molecule has 0 saturated heterocycles. The van der Waals surface area contributed by atoms with Crippen molar-refractivity contribution in [1.82, 2.24) is 0 Å². The molecule has 4 bridgehead atoms. The van der Waals surface area contributed by atoms with E-state index in [4.69, 9.17) is 0 Å². The molecule has 0 spiro atoms. The zero-order valence-electron chi connectivity index (χ0n) is 16.6. The fourth-order valence-corrected chi connectivity index (χ4v) is 4.04. The third-order valence-electron chi connectivity index (χ3n) is 7.74. The van der Waals surface area contributed by atoms with Gasteiger partial charge in [0.1, 0.15) is 0 Å². The van der Waals surface area contributed by atoms with Gasteiger partial charge in [-0.25, -0.2) is 0 Å². The van der Waals surface area contributed by atoms with Crippen molar-refractivity contribution in [2.75, 3.05) is 0 Å². The summed E-state index contributed by atoms with van der Waals surface area (Å²) in [5, 5.41) is 0. The number of hydrogen-bond acceptors (Lipinski definition) is 0. The summed E-state index contributed by atoms with van der Waals surface area (Å²) in [5.74, 6) is 0. The van der Waals surface area contributed by atoms with Crippen molar-refractivity contribution < 1.29 is 0 Å². The van der Waals surface area contributed by atoms with Crippen LogP contribution in [-0.4, -0.2) is 0 Å². The van der Waals surface area contributed by atoms with Gasteiger partial charge in [0.25, 0.3) is 0 Å². The average Bonchev–Trinajstić information content (AvgIpc) is 2.54. The lowest BCUT2D eigenvalue weighted by atomic mass is 9.56. The van der Waals surface area contributed by atoms with Gasteiger partial charge in [-0.15, -0.1) is 0 Å². The van der Waals surface area contributed by atoms with E-state index in [0.717, 1.165) is 0 Å². The first-order valence-electron chi connectivity index (χ1n) is 9.14. The Morgan fingerprint density at radius 3 is 0.833 bits per heavy atom. The highest BCUT2D eigenvalue weighted by atomic mass is 14.5. The second kappa shape index (κ2) is 4.97. The molecule has 0 unspecified atom stereocenters. The Balaban J connectivity index is 2.42. The third-order valence-corrected chi connectivity index (χ3v) is 7.74. The molecule has 1 aliphatic rings. The maximum absolute atomic E-state index is 2.45. The number of benzene rings is 2. The number of rotatable bonds is 0. The van der Waals surface area contributed by atoms with Crippen LogP contribution in [0.3, 0.4) is 0 Å². The standard InChI is InChI=1S/C24H32/c1-21(2)17-11-9-13-19(15-17)23(5,6)24(7,8)20-14-10-12-18(16-20)22(21,3)4/h9-16H,1-8H3. The van der Waals surface area contributed by atoms with Gasteiger partial charge in [0, 0.05) is 0 Å². The molecule has 0 nitrogen and oxygen atoms in total. The lowest BCUT2D eigenvalue weighted by Gasteiger charge is -2.48. The van der Waals surface area contributed by atoms with Crippen LogP contribution in [0.25, 0.3) is 0 Å². The number of hydrogen-bond donors (Lipinski definition) is 0. The SMILES string of the molecule is CC1(C)c2cccc(c2)C(C)(C)C(C)(C)c2cccc(c2)C1(C)C. The van der Waals surface area contributed by atoms with Crippen molar-refractivity contribution in [2.24, 2.45) is 0 Å². The molecule has 0 radical (unpaired) electrons. The lowest BCUT2D eigenvalue weighted by molar-refractivity contribution is 0.283. The molecule has 24 heavy (non-hydrogen) atoms. The summed E-state index contributed by atoms with van der Waals surface area (Å²) in [6, 6.07) is 18.6. The van der Waals surface area contributed by atoms with Gasteiger partial charge < -0.3 is 0 Å². The molecule has 0 aromatic heterocycles. The molecule has 1 aliphatic carbocycles. The van der Waals surface area contributed by atoms with E-state index in [9.17, 15) is 0 Å². The van der Waals surface area contributed by atoms with Crippen LogP contribution >= 0.6 is 0 Å². The minimum atomic E-state index is 0.0548. The average molecular weight is 321 g/mol. The molecule has 0 N–H and O–H groups in total. The van der Waals surface area contributed by atoms with Crippen LogP contribution < -0.4 is 0 Å². The van der Waals surface area contributed by atoms with Crippen molar-refractivity contribution in [3.63, 3.8) is 0 Å². The Morgan fingerprint density at radius 2 is 0.625 bits per heavy atom. The summed E-state index contributed by atoms with van der Waals surface area (Å²) in [6.07, 6.45) is 0. The van der Waals surface area contributed by atoms with Gasteiger partial charge in [-0.3, -0.25) is 0 Å². The van der Waals surface area contributed by atoms with E-state index in [2.05, 4.69) is 104 Å². The molecule has 0 heterocycles. The van der Waals surface area contributed by atoms with Crippen molar-refractivity contribution in [1.29, 1.82) is 0 Å². The van der Waals surface area contributed by atoms with Gasteiger partial charge in [0.2, 0.25) is 0 Å². The van der Waals surface area contributed by atoms with E-state index < -0.39 is 0 Å². The normalized spacial score (nSPS) is 22.7. The second-order valence-corrected chi connectivity index (χ2v) is 9.66. The van der Waals surface area contributed by atoms with Crippen LogP contribution in [0.4, 0.5) is 0 Å². The summed E-state index contributed by atoms with van der Waals surface area (Å²) < 4.78 is 0. The zero-order valence-corrected chi connectivity index (χ0v) is 16.6. The van der Waals surface area contributed by atoms with Gasteiger partial charge in [0.15, 0.2) is 0 Å². The highest BCUT2D eigenvalue weighted by Gasteiger charge is 2.45. The zero-order chi connectivity index (χ0) is 18.0. The van der Waals surface area contributed by atoms with Gasteiger partial charge in [-0.05, 0) is 43.9 Å². The Labute approximate surface area is 148 Å². The summed E-state index contributed by atoms with van der Waals surface area (Å²) in [7, 11) is 0. The molecule has 0 fully saturated rings. The van der Waals surface area contributed by atoms with Crippen LogP contribution in [0.15, 0.2) is 48.5 Å². The van der Waals surface area contributed by atoms with Gasteiger partial charge in [-0.1, -0.05) is 104 Å². The summed E-state index contributed by atoms with van der Waals surface area (Å²) in [6.45, 7) is 19.1. The van der Waals surface area contributed by atoms with E-state index >= 15 is 0 Å².